The molecular formula is C24H18Cl2NO4-. The normalized spacial score (nSPS) is 13.2. The lowest BCUT2D eigenvalue weighted by atomic mass is 9.98. The van der Waals surface area contributed by atoms with Gasteiger partial charge in [-0.25, -0.2) is 4.79 Å². The lowest BCUT2D eigenvalue weighted by molar-refractivity contribution is -0.308. The lowest BCUT2D eigenvalue weighted by Gasteiger charge is -2.21. The quantitative estimate of drug-likeness (QED) is 0.605. The van der Waals surface area contributed by atoms with Crippen LogP contribution in [0.15, 0.2) is 66.7 Å². The molecule has 0 bridgehead atoms. The number of nitrogens with one attached hydrogen (secondary N) is 1. The second-order valence-electron chi connectivity index (χ2n) is 7.29. The third-order valence-electron chi connectivity index (χ3n) is 5.34. The minimum Gasteiger partial charge on any atom is -0.548 e. The van der Waals surface area contributed by atoms with Gasteiger partial charge in [0.1, 0.15) is 6.61 Å². The maximum Gasteiger partial charge on any atom is 0.407 e. The summed E-state index contributed by atoms with van der Waals surface area (Å²) in [4.78, 5) is 23.9. The van der Waals surface area contributed by atoms with Crippen molar-refractivity contribution in [1.29, 1.82) is 0 Å². The van der Waals surface area contributed by atoms with Gasteiger partial charge in [0.2, 0.25) is 0 Å². The number of alkyl carbamates (subject to hydrolysis) is 1. The van der Waals surface area contributed by atoms with Gasteiger partial charge in [0.15, 0.2) is 0 Å². The first kappa shape index (κ1) is 21.2. The van der Waals surface area contributed by atoms with Gasteiger partial charge in [-0.1, -0.05) is 77.8 Å². The van der Waals surface area contributed by atoms with Crippen LogP contribution in [0.5, 0.6) is 0 Å². The zero-order valence-electron chi connectivity index (χ0n) is 16.3. The van der Waals surface area contributed by atoms with Gasteiger partial charge in [0.05, 0.1) is 22.1 Å². The van der Waals surface area contributed by atoms with Crippen LogP contribution in [-0.4, -0.2) is 24.7 Å². The van der Waals surface area contributed by atoms with E-state index in [9.17, 15) is 14.7 Å². The molecule has 0 unspecified atom stereocenters. The molecule has 7 heteroatoms. The maximum atomic E-state index is 12.4. The van der Waals surface area contributed by atoms with Crippen LogP contribution in [0.3, 0.4) is 0 Å². The highest BCUT2D eigenvalue weighted by atomic mass is 35.5. The summed E-state index contributed by atoms with van der Waals surface area (Å²) in [6, 6.07) is 19.4. The van der Waals surface area contributed by atoms with E-state index in [1.165, 1.54) is 0 Å². The van der Waals surface area contributed by atoms with Gasteiger partial charge in [0, 0.05) is 5.92 Å². The summed E-state index contributed by atoms with van der Waals surface area (Å²) in [5.74, 6) is -1.53. The summed E-state index contributed by atoms with van der Waals surface area (Å²) in [7, 11) is 0. The Hall–Kier alpha value is -3.02. The van der Waals surface area contributed by atoms with E-state index in [0.29, 0.717) is 15.6 Å². The van der Waals surface area contributed by atoms with Crippen LogP contribution in [0.2, 0.25) is 10.0 Å². The first-order chi connectivity index (χ1) is 14.9. The van der Waals surface area contributed by atoms with E-state index in [1.54, 1.807) is 18.2 Å². The molecule has 1 aliphatic carbocycles. The number of fused-ring (bicyclic) bond motifs is 3. The first-order valence-electron chi connectivity index (χ1n) is 9.70. The van der Waals surface area contributed by atoms with Gasteiger partial charge in [-0.05, 0) is 46.4 Å². The Labute approximate surface area is 189 Å². The third-order valence-corrected chi connectivity index (χ3v) is 6.08. The molecule has 0 saturated heterocycles. The molecule has 4 rings (SSSR count). The van der Waals surface area contributed by atoms with Gasteiger partial charge in [0.25, 0.3) is 0 Å². The third kappa shape index (κ3) is 4.53. The number of hydrogen-bond acceptors (Lipinski definition) is 4. The number of halogens is 2. The first-order valence-corrected chi connectivity index (χ1v) is 10.5. The summed E-state index contributed by atoms with van der Waals surface area (Å²) in [5.41, 5.74) is 4.97. The summed E-state index contributed by atoms with van der Waals surface area (Å²) in [5, 5.41) is 14.6. The fourth-order valence-electron chi connectivity index (χ4n) is 3.88. The Kier molecular flexibility index (Phi) is 6.16. The van der Waals surface area contributed by atoms with Crippen molar-refractivity contribution in [2.24, 2.45) is 0 Å². The van der Waals surface area contributed by atoms with E-state index in [2.05, 4.69) is 5.32 Å². The van der Waals surface area contributed by atoms with E-state index in [1.807, 2.05) is 48.5 Å². The van der Waals surface area contributed by atoms with Crippen molar-refractivity contribution in [3.63, 3.8) is 0 Å². The average Bonchev–Trinajstić information content (AvgIpc) is 3.08. The molecule has 1 N–H and O–H groups in total. The monoisotopic (exact) mass is 454 g/mol. The average molecular weight is 455 g/mol. The van der Waals surface area contributed by atoms with Gasteiger partial charge >= 0.3 is 6.09 Å². The molecule has 0 aliphatic heterocycles. The molecule has 1 atom stereocenters. The summed E-state index contributed by atoms with van der Waals surface area (Å²) >= 11 is 11.9. The van der Waals surface area contributed by atoms with Gasteiger partial charge in [-0.3, -0.25) is 0 Å². The van der Waals surface area contributed by atoms with Gasteiger partial charge in [-0.2, -0.15) is 0 Å². The molecule has 0 heterocycles. The molecule has 0 aromatic heterocycles. The molecule has 3 aromatic carbocycles. The number of ether oxygens (including phenoxy) is 1. The zero-order valence-corrected chi connectivity index (χ0v) is 17.8. The summed E-state index contributed by atoms with van der Waals surface area (Å²) in [6.45, 7) is 0.0897. The summed E-state index contributed by atoms with van der Waals surface area (Å²) in [6.07, 6.45) is -0.834. The number of amides is 1. The van der Waals surface area contributed by atoms with E-state index in [-0.39, 0.29) is 18.9 Å². The van der Waals surface area contributed by atoms with Crippen molar-refractivity contribution in [3.05, 3.63) is 93.5 Å². The number of benzene rings is 3. The van der Waals surface area contributed by atoms with E-state index in [4.69, 9.17) is 27.9 Å². The van der Waals surface area contributed by atoms with Crippen LogP contribution in [0.25, 0.3) is 11.1 Å². The van der Waals surface area contributed by atoms with Crippen LogP contribution in [0.1, 0.15) is 22.6 Å². The Balaban J connectivity index is 1.43. The van der Waals surface area contributed by atoms with E-state index in [0.717, 1.165) is 22.3 Å². The minimum atomic E-state index is -1.42. The molecule has 3 aromatic rings. The van der Waals surface area contributed by atoms with Gasteiger partial charge in [-0.15, -0.1) is 0 Å². The number of carboxylic acid groups (broad SMARTS) is 1. The van der Waals surface area contributed by atoms with Crippen molar-refractivity contribution >= 4 is 35.3 Å². The Bertz CT molecular complexity index is 1100. The molecule has 5 nitrogen and oxygen atoms in total. The maximum absolute atomic E-state index is 12.4. The van der Waals surface area contributed by atoms with Crippen molar-refractivity contribution < 1.29 is 19.4 Å². The minimum absolute atomic E-state index is 0.0105. The fourth-order valence-corrected chi connectivity index (χ4v) is 4.20. The second kappa shape index (κ2) is 9.00. The Morgan fingerprint density at radius 3 is 2.13 bits per heavy atom. The molecule has 1 aliphatic rings. The molecule has 1 amide bonds. The van der Waals surface area contributed by atoms with Crippen molar-refractivity contribution in [3.8, 4) is 11.1 Å². The Morgan fingerprint density at radius 1 is 0.935 bits per heavy atom. The number of carbonyl (C=O) groups is 2. The number of carbonyl (C=O) groups excluding carboxylic acids is 2. The SMILES string of the molecule is O=C(N[C@H](Cc1ccc(Cl)c(Cl)c1)C(=O)[O-])OCC1c2ccccc2-c2ccccc21. The van der Waals surface area contributed by atoms with Crippen molar-refractivity contribution in [1.82, 2.24) is 5.32 Å². The molecule has 0 radical (unpaired) electrons. The molecule has 0 fully saturated rings. The second-order valence-corrected chi connectivity index (χ2v) is 8.11. The smallest absolute Gasteiger partial charge is 0.407 e. The molecule has 31 heavy (non-hydrogen) atoms. The van der Waals surface area contributed by atoms with E-state index >= 15 is 0 Å². The van der Waals surface area contributed by atoms with Crippen LogP contribution in [0.4, 0.5) is 4.79 Å². The molecule has 158 valence electrons. The highest BCUT2D eigenvalue weighted by Gasteiger charge is 2.29. The number of rotatable bonds is 6. The number of carboxylic acids is 1. The molecule has 0 spiro atoms. The number of aliphatic carboxylic acids is 1. The van der Waals surface area contributed by atoms with Crippen LogP contribution in [0, 0.1) is 0 Å². The zero-order chi connectivity index (χ0) is 22.0. The molecular weight excluding hydrogens is 437 g/mol. The van der Waals surface area contributed by atoms with Gasteiger partial charge < -0.3 is 20.0 Å². The summed E-state index contributed by atoms with van der Waals surface area (Å²) < 4.78 is 5.41. The highest BCUT2D eigenvalue weighted by molar-refractivity contribution is 6.42. The largest absolute Gasteiger partial charge is 0.548 e. The van der Waals surface area contributed by atoms with Crippen LogP contribution >= 0.6 is 23.2 Å². The predicted molar refractivity (Wildman–Crippen MR) is 117 cm³/mol. The Morgan fingerprint density at radius 2 is 1.55 bits per heavy atom. The predicted octanol–water partition coefficient (Wildman–Crippen LogP) is 4.19. The topological polar surface area (TPSA) is 78.5 Å². The molecule has 0 saturated carbocycles. The lowest BCUT2D eigenvalue weighted by Crippen LogP contribution is -2.49. The van der Waals surface area contributed by atoms with Crippen molar-refractivity contribution in [2.75, 3.05) is 6.61 Å². The highest BCUT2D eigenvalue weighted by Crippen LogP contribution is 2.44. The number of hydrogen-bond donors (Lipinski definition) is 1. The van der Waals surface area contributed by atoms with Crippen LogP contribution in [-0.2, 0) is 16.0 Å². The van der Waals surface area contributed by atoms with E-state index < -0.39 is 18.1 Å². The fraction of sp³-hybridized carbons (Fsp3) is 0.167. The van der Waals surface area contributed by atoms with Crippen LogP contribution < -0.4 is 10.4 Å². The van der Waals surface area contributed by atoms with Crippen molar-refractivity contribution in [2.45, 2.75) is 18.4 Å². The standard InChI is InChI=1S/C24H19Cl2NO4/c25-20-10-9-14(11-21(20)26)12-22(23(28)29)27-24(30)31-13-19-17-7-3-1-5-15(17)16-6-2-4-8-18(16)19/h1-11,19,22H,12-13H2,(H,27,30)(H,28,29)/p-1/t22-/m1/s1.